The van der Waals surface area contributed by atoms with E-state index in [0.717, 1.165) is 22.4 Å². The van der Waals surface area contributed by atoms with E-state index in [1.807, 2.05) is 30.5 Å². The van der Waals surface area contributed by atoms with E-state index >= 15 is 0 Å². The lowest BCUT2D eigenvalue weighted by molar-refractivity contribution is 0.416. The largest absolute Gasteiger partial charge is 0.496 e. The van der Waals surface area contributed by atoms with Crippen LogP contribution in [0, 0.1) is 19.3 Å². The second-order valence-corrected chi connectivity index (χ2v) is 6.72. The zero-order valence-electron chi connectivity index (χ0n) is 12.7. The second kappa shape index (κ2) is 6.49. The molecule has 0 unspecified atom stereocenters. The third kappa shape index (κ3) is 2.98. The average molecular weight is 342 g/mol. The van der Waals surface area contributed by atoms with Crippen LogP contribution in [0.3, 0.4) is 0 Å². The predicted octanol–water partition coefficient (Wildman–Crippen LogP) is 3.69. The number of fused-ring (bicyclic) bond motifs is 1. The summed E-state index contributed by atoms with van der Waals surface area (Å²) in [5.41, 5.74) is 2.68. The van der Waals surface area contributed by atoms with Crippen LogP contribution in [0.1, 0.15) is 5.56 Å². The summed E-state index contributed by atoms with van der Waals surface area (Å²) in [5, 5.41) is 3.08. The Morgan fingerprint density at radius 2 is 2.26 bits per heavy atom. The molecule has 0 aliphatic carbocycles. The Hall–Kier alpha value is -2.23. The van der Waals surface area contributed by atoms with Crippen molar-refractivity contribution >= 4 is 33.3 Å². The topological polar surface area (TPSA) is 55.0 Å². The maximum Gasteiger partial charge on any atom is 0.260 e. The lowest BCUT2D eigenvalue weighted by atomic mass is 10.0. The van der Waals surface area contributed by atoms with Gasteiger partial charge in [-0.1, -0.05) is 29.3 Å². The Morgan fingerprint density at radius 3 is 3.00 bits per heavy atom. The van der Waals surface area contributed by atoms with E-state index in [9.17, 15) is 4.79 Å². The Labute approximate surface area is 141 Å². The molecule has 0 saturated carbocycles. The van der Waals surface area contributed by atoms with E-state index in [2.05, 4.69) is 15.9 Å². The number of terminal acetylenes is 1. The molecule has 0 fully saturated rings. The van der Waals surface area contributed by atoms with Crippen LogP contribution in [0.25, 0.3) is 21.3 Å². The molecule has 2 heterocycles. The maximum atomic E-state index is 12.5. The molecular weight excluding hydrogens is 328 g/mol. The van der Waals surface area contributed by atoms with Crippen LogP contribution in [0.15, 0.2) is 33.5 Å². The number of methoxy groups -OCH3 is 1. The lowest BCUT2D eigenvalue weighted by Crippen LogP contribution is -2.08. The molecule has 0 amide bonds. The van der Waals surface area contributed by atoms with Gasteiger partial charge >= 0.3 is 0 Å². The molecule has 23 heavy (non-hydrogen) atoms. The third-order valence-electron chi connectivity index (χ3n) is 3.36. The summed E-state index contributed by atoms with van der Waals surface area (Å²) in [5.74, 6) is 3.73. The van der Waals surface area contributed by atoms with Gasteiger partial charge in [-0.2, -0.15) is 0 Å². The number of aromatic nitrogens is 2. The van der Waals surface area contributed by atoms with Gasteiger partial charge in [-0.05, 0) is 19.1 Å². The molecule has 4 nitrogen and oxygen atoms in total. The number of aryl methyl sites for hydroxylation is 1. The average Bonchev–Trinajstić information content (AvgIpc) is 2.97. The minimum atomic E-state index is -0.158. The van der Waals surface area contributed by atoms with Gasteiger partial charge in [0, 0.05) is 16.5 Å². The van der Waals surface area contributed by atoms with E-state index in [4.69, 9.17) is 11.2 Å². The maximum absolute atomic E-state index is 12.5. The molecule has 1 aromatic carbocycles. The van der Waals surface area contributed by atoms with Gasteiger partial charge in [-0.15, -0.1) is 17.8 Å². The molecule has 0 spiro atoms. The van der Waals surface area contributed by atoms with Crippen LogP contribution in [0.2, 0.25) is 0 Å². The van der Waals surface area contributed by atoms with Gasteiger partial charge in [0.2, 0.25) is 0 Å². The lowest BCUT2D eigenvalue weighted by Gasteiger charge is -2.08. The summed E-state index contributed by atoms with van der Waals surface area (Å²) in [6, 6.07) is 5.90. The van der Waals surface area contributed by atoms with Crippen molar-refractivity contribution in [1.29, 1.82) is 0 Å². The molecule has 0 aliphatic rings. The van der Waals surface area contributed by atoms with Crippen molar-refractivity contribution in [3.8, 4) is 29.2 Å². The van der Waals surface area contributed by atoms with Crippen LogP contribution in [0.4, 0.5) is 0 Å². The number of nitrogens with zero attached hydrogens (tertiary/aromatic N) is 1. The van der Waals surface area contributed by atoms with Crippen molar-refractivity contribution in [1.82, 2.24) is 9.97 Å². The third-order valence-corrected chi connectivity index (χ3v) is 5.01. The number of hydrogen-bond donors (Lipinski definition) is 1. The minimum Gasteiger partial charge on any atom is -0.496 e. The predicted molar refractivity (Wildman–Crippen MR) is 96.5 cm³/mol. The molecule has 3 aromatic rings. The highest BCUT2D eigenvalue weighted by Gasteiger charge is 2.16. The first-order valence-electron chi connectivity index (χ1n) is 6.87. The van der Waals surface area contributed by atoms with E-state index in [0.29, 0.717) is 21.1 Å². The molecule has 6 heteroatoms. The molecule has 0 radical (unpaired) electrons. The summed E-state index contributed by atoms with van der Waals surface area (Å²) in [6.45, 7) is 2.01. The number of rotatable bonds is 4. The highest BCUT2D eigenvalue weighted by molar-refractivity contribution is 7.99. The number of thioether (sulfide) groups is 1. The number of benzene rings is 1. The number of aromatic amines is 1. The Bertz CT molecular complexity index is 967. The van der Waals surface area contributed by atoms with Gasteiger partial charge < -0.3 is 9.72 Å². The monoisotopic (exact) mass is 342 g/mol. The number of hydrogen-bond acceptors (Lipinski definition) is 5. The van der Waals surface area contributed by atoms with Crippen molar-refractivity contribution < 1.29 is 4.74 Å². The molecule has 0 saturated heterocycles. The van der Waals surface area contributed by atoms with Gasteiger partial charge in [0.1, 0.15) is 10.6 Å². The zero-order valence-corrected chi connectivity index (χ0v) is 14.3. The van der Waals surface area contributed by atoms with E-state index in [1.165, 1.54) is 23.1 Å². The fourth-order valence-electron chi connectivity index (χ4n) is 2.34. The minimum absolute atomic E-state index is 0.158. The zero-order chi connectivity index (χ0) is 16.4. The fraction of sp³-hybridized carbons (Fsp3) is 0.176. The number of nitrogens with one attached hydrogen (secondary N) is 1. The second-order valence-electron chi connectivity index (χ2n) is 4.90. The van der Waals surface area contributed by atoms with Crippen molar-refractivity contribution in [3.05, 3.63) is 39.5 Å². The smallest absolute Gasteiger partial charge is 0.260 e. The first-order chi connectivity index (χ1) is 11.1. The SMILES string of the molecule is C#CCSc1nc2scc(-c3cc(C)ccc3OC)c2c(=O)[nH]1. The molecule has 3 rings (SSSR count). The summed E-state index contributed by atoms with van der Waals surface area (Å²) in [7, 11) is 1.62. The normalized spacial score (nSPS) is 10.7. The Kier molecular flexibility index (Phi) is 4.42. The molecule has 0 aliphatic heterocycles. The van der Waals surface area contributed by atoms with Gasteiger partial charge in [-0.25, -0.2) is 4.98 Å². The van der Waals surface area contributed by atoms with E-state index < -0.39 is 0 Å². The van der Waals surface area contributed by atoms with E-state index in [-0.39, 0.29) is 5.56 Å². The molecule has 1 N–H and O–H groups in total. The molecule has 2 aromatic heterocycles. The van der Waals surface area contributed by atoms with Crippen molar-refractivity contribution in [3.63, 3.8) is 0 Å². The van der Waals surface area contributed by atoms with Crippen LogP contribution in [-0.4, -0.2) is 22.8 Å². The van der Waals surface area contributed by atoms with Crippen molar-refractivity contribution in [2.45, 2.75) is 12.1 Å². The van der Waals surface area contributed by atoms with Gasteiger partial charge in [0.05, 0.1) is 18.2 Å². The molecule has 116 valence electrons. The van der Waals surface area contributed by atoms with Crippen LogP contribution in [-0.2, 0) is 0 Å². The van der Waals surface area contributed by atoms with Crippen LogP contribution >= 0.6 is 23.1 Å². The van der Waals surface area contributed by atoms with Crippen LogP contribution in [0.5, 0.6) is 5.75 Å². The highest BCUT2D eigenvalue weighted by Crippen LogP contribution is 2.37. The molecular formula is C17H14N2O2S2. The standard InChI is InChI=1S/C17H14N2O2S2/c1-4-7-22-17-18-15(20)14-12(9-23-16(14)19-17)11-8-10(2)5-6-13(11)21-3/h1,5-6,8-9H,7H2,2-3H3,(H,18,19,20). The molecule has 0 bridgehead atoms. The summed E-state index contributed by atoms with van der Waals surface area (Å²) in [4.78, 5) is 20.5. The quantitative estimate of drug-likeness (QED) is 0.446. The fourth-order valence-corrected chi connectivity index (χ4v) is 3.88. The van der Waals surface area contributed by atoms with Gasteiger partial charge in [-0.3, -0.25) is 4.79 Å². The highest BCUT2D eigenvalue weighted by atomic mass is 32.2. The van der Waals surface area contributed by atoms with Crippen LogP contribution < -0.4 is 10.3 Å². The summed E-state index contributed by atoms with van der Waals surface area (Å²) >= 11 is 2.79. The van der Waals surface area contributed by atoms with Crippen molar-refractivity contribution in [2.75, 3.05) is 12.9 Å². The first kappa shape index (κ1) is 15.7. The van der Waals surface area contributed by atoms with E-state index in [1.54, 1.807) is 7.11 Å². The number of thiophene rings is 1. The Balaban J connectivity index is 2.19. The summed E-state index contributed by atoms with van der Waals surface area (Å²) < 4.78 is 5.44. The van der Waals surface area contributed by atoms with Gasteiger partial charge in [0.25, 0.3) is 5.56 Å². The number of ether oxygens (including phenoxy) is 1. The van der Waals surface area contributed by atoms with Gasteiger partial charge in [0.15, 0.2) is 5.16 Å². The number of H-pyrrole nitrogens is 1. The molecule has 0 atom stereocenters. The first-order valence-corrected chi connectivity index (χ1v) is 8.73. The Morgan fingerprint density at radius 1 is 1.43 bits per heavy atom. The van der Waals surface area contributed by atoms with Crippen molar-refractivity contribution in [2.24, 2.45) is 0 Å². The summed E-state index contributed by atoms with van der Waals surface area (Å²) in [6.07, 6.45) is 5.25.